The van der Waals surface area contributed by atoms with E-state index in [9.17, 15) is 5.11 Å². The average molecular weight is 210 g/mol. The van der Waals surface area contributed by atoms with E-state index < -0.39 is 0 Å². The quantitative estimate of drug-likeness (QED) is 0.784. The highest BCUT2D eigenvalue weighted by molar-refractivity contribution is 6.31. The molecule has 14 heavy (non-hydrogen) atoms. The Morgan fingerprint density at radius 3 is 2.86 bits per heavy atom. The van der Waals surface area contributed by atoms with Gasteiger partial charge in [0.2, 0.25) is 0 Å². The van der Waals surface area contributed by atoms with Crippen LogP contribution >= 0.6 is 11.6 Å². The van der Waals surface area contributed by atoms with Crippen molar-refractivity contribution in [3.8, 4) is 0 Å². The van der Waals surface area contributed by atoms with Gasteiger partial charge in [0, 0.05) is 27.2 Å². The minimum atomic E-state index is 0.0590. The van der Waals surface area contributed by atoms with Crippen molar-refractivity contribution in [1.82, 2.24) is 4.98 Å². The molecule has 0 aliphatic rings. The van der Waals surface area contributed by atoms with Gasteiger partial charge in [-0.1, -0.05) is 18.5 Å². The molecule has 0 radical (unpaired) electrons. The molecule has 3 heteroatoms. The van der Waals surface area contributed by atoms with Gasteiger partial charge < -0.3 is 10.1 Å². The minimum absolute atomic E-state index is 0.0590. The molecular formula is C11H12ClNO. The van der Waals surface area contributed by atoms with Crippen molar-refractivity contribution in [3.05, 3.63) is 34.5 Å². The number of hydrogen-bond donors (Lipinski definition) is 2. The number of H-pyrrole nitrogens is 1. The Kier molecular flexibility index (Phi) is 2.48. The first-order valence-corrected chi connectivity index (χ1v) is 5.04. The third-order valence-corrected chi connectivity index (χ3v) is 2.70. The molecule has 0 aliphatic heterocycles. The van der Waals surface area contributed by atoms with Crippen molar-refractivity contribution in [2.24, 2.45) is 0 Å². The molecule has 0 atom stereocenters. The number of benzene rings is 1. The lowest BCUT2D eigenvalue weighted by Gasteiger charge is -1.96. The zero-order valence-corrected chi connectivity index (χ0v) is 8.73. The topological polar surface area (TPSA) is 36.0 Å². The third-order valence-electron chi connectivity index (χ3n) is 2.47. The number of aryl methyl sites for hydroxylation is 1. The molecule has 0 amide bonds. The van der Waals surface area contributed by atoms with Crippen LogP contribution in [-0.2, 0) is 13.0 Å². The van der Waals surface area contributed by atoms with Gasteiger partial charge in [-0.15, -0.1) is 0 Å². The second kappa shape index (κ2) is 3.64. The van der Waals surface area contributed by atoms with Crippen molar-refractivity contribution in [2.75, 3.05) is 0 Å². The molecule has 0 saturated carbocycles. The van der Waals surface area contributed by atoms with E-state index in [-0.39, 0.29) is 6.61 Å². The first-order valence-electron chi connectivity index (χ1n) is 4.66. The number of halogens is 1. The standard InChI is InChI=1S/C11H12ClNO/c1-2-10-9(6-14)8-5-7(12)3-4-11(8)13-10/h3-5,13-14H,2,6H2,1H3. The highest BCUT2D eigenvalue weighted by Crippen LogP contribution is 2.25. The number of aliphatic hydroxyl groups excluding tert-OH is 1. The zero-order chi connectivity index (χ0) is 10.1. The smallest absolute Gasteiger partial charge is 0.0705 e. The largest absolute Gasteiger partial charge is 0.392 e. The van der Waals surface area contributed by atoms with Gasteiger partial charge in [0.1, 0.15) is 0 Å². The van der Waals surface area contributed by atoms with Crippen LogP contribution in [0.15, 0.2) is 18.2 Å². The summed E-state index contributed by atoms with van der Waals surface area (Å²) in [5, 5.41) is 11.0. The maximum atomic E-state index is 9.26. The van der Waals surface area contributed by atoms with Crippen LogP contribution in [0.1, 0.15) is 18.2 Å². The molecule has 1 aromatic heterocycles. The van der Waals surface area contributed by atoms with Crippen molar-refractivity contribution in [1.29, 1.82) is 0 Å². The summed E-state index contributed by atoms with van der Waals surface area (Å²) >= 11 is 5.90. The molecule has 0 unspecified atom stereocenters. The average Bonchev–Trinajstić information content (AvgIpc) is 2.54. The maximum Gasteiger partial charge on any atom is 0.0705 e. The van der Waals surface area contributed by atoms with E-state index in [1.807, 2.05) is 18.2 Å². The molecule has 1 aromatic carbocycles. The Hall–Kier alpha value is -0.990. The number of fused-ring (bicyclic) bond motifs is 1. The summed E-state index contributed by atoms with van der Waals surface area (Å²) in [6.45, 7) is 2.12. The predicted octanol–water partition coefficient (Wildman–Crippen LogP) is 2.88. The Labute approximate surface area is 87.5 Å². The van der Waals surface area contributed by atoms with Gasteiger partial charge in [-0.2, -0.15) is 0 Å². The Balaban J connectivity index is 2.74. The van der Waals surface area contributed by atoms with Gasteiger partial charge in [-0.25, -0.2) is 0 Å². The highest BCUT2D eigenvalue weighted by Gasteiger charge is 2.08. The molecule has 74 valence electrons. The highest BCUT2D eigenvalue weighted by atomic mass is 35.5. The first kappa shape index (κ1) is 9.56. The van der Waals surface area contributed by atoms with Gasteiger partial charge in [0.25, 0.3) is 0 Å². The van der Waals surface area contributed by atoms with Crippen molar-refractivity contribution in [2.45, 2.75) is 20.0 Å². The Morgan fingerprint density at radius 1 is 1.43 bits per heavy atom. The molecule has 0 fully saturated rings. The summed E-state index contributed by atoms with van der Waals surface area (Å²) in [4.78, 5) is 3.27. The molecule has 1 heterocycles. The molecule has 2 aromatic rings. The van der Waals surface area contributed by atoms with E-state index in [1.165, 1.54) is 0 Å². The van der Waals surface area contributed by atoms with Crippen LogP contribution in [-0.4, -0.2) is 10.1 Å². The summed E-state index contributed by atoms with van der Waals surface area (Å²) in [5.74, 6) is 0. The number of rotatable bonds is 2. The molecule has 2 nitrogen and oxygen atoms in total. The Morgan fingerprint density at radius 2 is 2.21 bits per heavy atom. The van der Waals surface area contributed by atoms with Crippen LogP contribution in [0, 0.1) is 0 Å². The van der Waals surface area contributed by atoms with Crippen LogP contribution in [0.4, 0.5) is 0 Å². The summed E-state index contributed by atoms with van der Waals surface area (Å²) in [7, 11) is 0. The lowest BCUT2D eigenvalue weighted by Crippen LogP contribution is -1.88. The van der Waals surface area contributed by atoms with Crippen LogP contribution in [0.2, 0.25) is 5.02 Å². The summed E-state index contributed by atoms with van der Waals surface area (Å²) < 4.78 is 0. The van der Waals surface area contributed by atoms with Gasteiger partial charge in [0.15, 0.2) is 0 Å². The molecule has 0 spiro atoms. The number of aliphatic hydroxyl groups is 1. The van der Waals surface area contributed by atoms with E-state index >= 15 is 0 Å². The van der Waals surface area contributed by atoms with Crippen LogP contribution in [0.5, 0.6) is 0 Å². The fourth-order valence-electron chi connectivity index (χ4n) is 1.76. The molecule has 2 N–H and O–H groups in total. The van der Waals surface area contributed by atoms with E-state index in [0.29, 0.717) is 5.02 Å². The van der Waals surface area contributed by atoms with Gasteiger partial charge >= 0.3 is 0 Å². The van der Waals surface area contributed by atoms with Gasteiger partial charge in [0.05, 0.1) is 6.61 Å². The third kappa shape index (κ3) is 1.41. The van der Waals surface area contributed by atoms with Gasteiger partial charge in [-0.3, -0.25) is 0 Å². The van der Waals surface area contributed by atoms with Crippen molar-refractivity contribution >= 4 is 22.5 Å². The molecule has 2 rings (SSSR count). The van der Waals surface area contributed by atoms with E-state index in [2.05, 4.69) is 11.9 Å². The van der Waals surface area contributed by atoms with E-state index in [1.54, 1.807) is 0 Å². The van der Waals surface area contributed by atoms with E-state index in [4.69, 9.17) is 11.6 Å². The molecule has 0 aliphatic carbocycles. The monoisotopic (exact) mass is 209 g/mol. The molecule has 0 bridgehead atoms. The summed E-state index contributed by atoms with van der Waals surface area (Å²) in [6.07, 6.45) is 0.891. The number of nitrogens with one attached hydrogen (secondary N) is 1. The van der Waals surface area contributed by atoms with Crippen LogP contribution < -0.4 is 0 Å². The van der Waals surface area contributed by atoms with Crippen LogP contribution in [0.3, 0.4) is 0 Å². The zero-order valence-electron chi connectivity index (χ0n) is 7.97. The minimum Gasteiger partial charge on any atom is -0.392 e. The number of aromatic amines is 1. The first-order chi connectivity index (χ1) is 6.76. The predicted molar refractivity (Wildman–Crippen MR) is 58.6 cm³/mol. The fraction of sp³-hybridized carbons (Fsp3) is 0.273. The number of aromatic nitrogens is 1. The second-order valence-corrected chi connectivity index (χ2v) is 3.72. The second-order valence-electron chi connectivity index (χ2n) is 3.28. The Bertz CT molecular complexity index is 462. The summed E-state index contributed by atoms with van der Waals surface area (Å²) in [5.41, 5.74) is 3.09. The lowest BCUT2D eigenvalue weighted by molar-refractivity contribution is 0.282. The summed E-state index contributed by atoms with van der Waals surface area (Å²) in [6, 6.07) is 5.68. The van der Waals surface area contributed by atoms with Crippen molar-refractivity contribution in [3.63, 3.8) is 0 Å². The maximum absolute atomic E-state index is 9.26. The van der Waals surface area contributed by atoms with E-state index in [0.717, 1.165) is 28.6 Å². The fourth-order valence-corrected chi connectivity index (χ4v) is 1.93. The van der Waals surface area contributed by atoms with Crippen LogP contribution in [0.25, 0.3) is 10.9 Å². The SMILES string of the molecule is CCc1[nH]c2ccc(Cl)cc2c1CO. The van der Waals surface area contributed by atoms with Crippen molar-refractivity contribution < 1.29 is 5.11 Å². The normalized spacial score (nSPS) is 11.1. The number of hydrogen-bond acceptors (Lipinski definition) is 1. The lowest BCUT2D eigenvalue weighted by atomic mass is 10.1. The van der Waals surface area contributed by atoms with Gasteiger partial charge in [-0.05, 0) is 24.6 Å². The molecule has 0 saturated heterocycles. The molecular weight excluding hydrogens is 198 g/mol.